The lowest BCUT2D eigenvalue weighted by molar-refractivity contribution is 0.203. The Morgan fingerprint density at radius 1 is 1.00 bits per heavy atom. The fraction of sp³-hybridized carbons (Fsp3) is 0.238. The number of hydrogen-bond donors (Lipinski definition) is 0. The van der Waals surface area contributed by atoms with Gasteiger partial charge in [-0.2, -0.15) is 0 Å². The molecule has 0 spiro atoms. The number of alkyl halides is 1. The Labute approximate surface area is 152 Å². The van der Waals surface area contributed by atoms with Crippen molar-refractivity contribution in [1.29, 1.82) is 0 Å². The van der Waals surface area contributed by atoms with Gasteiger partial charge in [0.1, 0.15) is 6.10 Å². The number of hydrogen-bond acceptors (Lipinski definition) is 2. The van der Waals surface area contributed by atoms with Crippen LogP contribution in [0.1, 0.15) is 30.1 Å². The molecule has 0 unspecified atom stereocenters. The van der Waals surface area contributed by atoms with Gasteiger partial charge in [-0.15, -0.1) is 0 Å². The van der Waals surface area contributed by atoms with Gasteiger partial charge in [0.05, 0.1) is 0 Å². The fourth-order valence-corrected chi connectivity index (χ4v) is 5.88. The molecule has 26 heavy (non-hydrogen) atoms. The lowest BCUT2D eigenvalue weighted by Crippen LogP contribution is -2.24. The average molecular weight is 369 g/mol. The monoisotopic (exact) mass is 369 g/mol. The summed E-state index contributed by atoms with van der Waals surface area (Å²) in [4.78, 5) is 0. The second-order valence-corrected chi connectivity index (χ2v) is 9.18. The van der Waals surface area contributed by atoms with Crippen LogP contribution in [0.4, 0.5) is 4.39 Å². The van der Waals surface area contributed by atoms with Crippen LogP contribution >= 0.6 is 7.52 Å². The Morgan fingerprint density at radius 2 is 1.65 bits per heavy atom. The number of likely N-dealkylation sites (N-methyl/N-ethyl adjacent to an activating group) is 1. The first-order valence-corrected chi connectivity index (χ1v) is 10.3. The zero-order valence-electron chi connectivity index (χ0n) is 14.7. The minimum atomic E-state index is -3.66. The molecule has 1 aliphatic heterocycles. The van der Waals surface area contributed by atoms with Crippen molar-refractivity contribution in [3.8, 4) is 0 Å². The van der Waals surface area contributed by atoms with Crippen molar-refractivity contribution in [3.63, 3.8) is 0 Å². The number of fused-ring (bicyclic) bond motifs is 1. The SMILES string of the molecule is C[C@H]1[C@@H](c2ccccc2)O[P@@](=O)([C@@H](F)c2ccc3ccccc3c2)N1C. The number of rotatable bonds is 3. The van der Waals surface area contributed by atoms with Crippen LogP contribution in [-0.4, -0.2) is 17.8 Å². The first-order chi connectivity index (χ1) is 12.5. The van der Waals surface area contributed by atoms with Crippen LogP contribution in [0, 0.1) is 0 Å². The van der Waals surface area contributed by atoms with Crippen LogP contribution in [0.15, 0.2) is 72.8 Å². The van der Waals surface area contributed by atoms with E-state index >= 15 is 4.39 Å². The van der Waals surface area contributed by atoms with Gasteiger partial charge >= 0.3 is 7.52 Å². The van der Waals surface area contributed by atoms with Gasteiger partial charge in [0.2, 0.25) is 5.91 Å². The highest BCUT2D eigenvalue weighted by Gasteiger charge is 2.52. The largest absolute Gasteiger partial charge is 0.311 e. The molecule has 0 N–H and O–H groups in total. The summed E-state index contributed by atoms with van der Waals surface area (Å²) in [5, 5.41) is 1.95. The van der Waals surface area contributed by atoms with Crippen molar-refractivity contribution >= 4 is 18.3 Å². The summed E-state index contributed by atoms with van der Waals surface area (Å²) in [6, 6.07) is 22.5. The minimum absolute atomic E-state index is 0.179. The predicted molar refractivity (Wildman–Crippen MR) is 103 cm³/mol. The van der Waals surface area contributed by atoms with Crippen molar-refractivity contribution in [1.82, 2.24) is 4.67 Å². The standard InChI is InChI=1S/C21H21FNO2P/c1-15-20(17-9-4-3-5-10-17)25-26(24,23(15)2)21(22)19-13-12-16-8-6-7-11-18(16)14-19/h3-15,20-21H,1-2H3/t15-,20-,21+,26-/m0/s1. The third-order valence-corrected chi connectivity index (χ3v) is 7.84. The predicted octanol–water partition coefficient (Wildman–Crippen LogP) is 6.09. The summed E-state index contributed by atoms with van der Waals surface area (Å²) >= 11 is 0. The van der Waals surface area contributed by atoms with E-state index in [0.29, 0.717) is 5.56 Å². The minimum Gasteiger partial charge on any atom is -0.305 e. The Hall–Kier alpha value is -2.00. The number of nitrogens with zero attached hydrogens (tertiary/aromatic N) is 1. The van der Waals surface area contributed by atoms with Crippen molar-refractivity contribution < 1.29 is 13.5 Å². The highest BCUT2D eigenvalue weighted by molar-refractivity contribution is 7.57. The van der Waals surface area contributed by atoms with Gasteiger partial charge in [0.25, 0.3) is 0 Å². The first-order valence-electron chi connectivity index (χ1n) is 8.70. The van der Waals surface area contributed by atoms with Crippen molar-refractivity contribution in [2.75, 3.05) is 7.05 Å². The van der Waals surface area contributed by atoms with Crippen LogP contribution in [0.3, 0.4) is 0 Å². The molecule has 0 aromatic heterocycles. The molecule has 0 bridgehead atoms. The topological polar surface area (TPSA) is 29.5 Å². The van der Waals surface area contributed by atoms with E-state index in [9.17, 15) is 4.57 Å². The molecule has 134 valence electrons. The van der Waals surface area contributed by atoms with E-state index in [1.807, 2.05) is 67.6 Å². The van der Waals surface area contributed by atoms with Crippen LogP contribution < -0.4 is 0 Å². The van der Waals surface area contributed by atoms with E-state index in [1.54, 1.807) is 23.9 Å². The zero-order valence-corrected chi connectivity index (χ0v) is 15.6. The molecule has 1 saturated heterocycles. The highest BCUT2D eigenvalue weighted by atomic mass is 31.2. The zero-order chi connectivity index (χ0) is 18.3. The molecule has 4 atom stereocenters. The Balaban J connectivity index is 1.69. The summed E-state index contributed by atoms with van der Waals surface area (Å²) < 4.78 is 36.4. The summed E-state index contributed by atoms with van der Waals surface area (Å²) in [5.41, 5.74) is 1.30. The third-order valence-electron chi connectivity index (χ3n) is 5.20. The average Bonchev–Trinajstić information content (AvgIpc) is 2.93. The van der Waals surface area contributed by atoms with Gasteiger partial charge < -0.3 is 4.52 Å². The lowest BCUT2D eigenvalue weighted by Gasteiger charge is -2.24. The molecule has 1 fully saturated rings. The van der Waals surface area contributed by atoms with Gasteiger partial charge in [-0.3, -0.25) is 4.57 Å². The second-order valence-electron chi connectivity index (χ2n) is 6.76. The fourth-order valence-electron chi connectivity index (χ4n) is 3.51. The highest BCUT2D eigenvalue weighted by Crippen LogP contribution is 2.70. The van der Waals surface area contributed by atoms with Crippen LogP contribution in [0.2, 0.25) is 0 Å². The molecule has 1 heterocycles. The summed E-state index contributed by atoms with van der Waals surface area (Å²) in [6.07, 6.45) is -0.411. The van der Waals surface area contributed by atoms with Crippen molar-refractivity contribution in [3.05, 3.63) is 83.9 Å². The smallest absolute Gasteiger partial charge is 0.305 e. The maximum Gasteiger partial charge on any atom is 0.311 e. The normalized spacial score (nSPS) is 27.7. The van der Waals surface area contributed by atoms with E-state index in [4.69, 9.17) is 4.52 Å². The molecule has 1 aliphatic rings. The summed E-state index contributed by atoms with van der Waals surface area (Å²) in [5.74, 6) is -1.69. The van der Waals surface area contributed by atoms with Gasteiger partial charge in [0.15, 0.2) is 0 Å². The molecule has 4 rings (SSSR count). The number of halogens is 1. The first kappa shape index (κ1) is 17.4. The van der Waals surface area contributed by atoms with E-state index in [2.05, 4.69) is 0 Å². The molecule has 0 saturated carbocycles. The molecule has 5 heteroatoms. The van der Waals surface area contributed by atoms with Crippen molar-refractivity contribution in [2.45, 2.75) is 25.0 Å². The lowest BCUT2D eigenvalue weighted by atomic mass is 10.0. The van der Waals surface area contributed by atoms with Crippen LogP contribution in [0.25, 0.3) is 10.8 Å². The van der Waals surface area contributed by atoms with Crippen LogP contribution in [0.5, 0.6) is 0 Å². The quantitative estimate of drug-likeness (QED) is 0.523. The third kappa shape index (κ3) is 2.79. The summed E-state index contributed by atoms with van der Waals surface area (Å²) in [7, 11) is -1.98. The molecule has 0 aliphatic carbocycles. The molecular weight excluding hydrogens is 348 g/mol. The van der Waals surface area contributed by atoms with Crippen LogP contribution in [-0.2, 0) is 9.09 Å². The van der Waals surface area contributed by atoms with E-state index in [-0.39, 0.29) is 6.04 Å². The van der Waals surface area contributed by atoms with Gasteiger partial charge in [-0.25, -0.2) is 9.06 Å². The van der Waals surface area contributed by atoms with Gasteiger partial charge in [-0.1, -0.05) is 66.7 Å². The Bertz CT molecular complexity index is 978. The van der Waals surface area contributed by atoms with E-state index in [0.717, 1.165) is 16.3 Å². The molecule has 3 aromatic carbocycles. The second kappa shape index (κ2) is 6.62. The molecule has 0 amide bonds. The van der Waals surface area contributed by atoms with E-state index in [1.165, 1.54) is 0 Å². The number of benzene rings is 3. The molecular formula is C21H21FNO2P. The van der Waals surface area contributed by atoms with Gasteiger partial charge in [-0.05, 0) is 41.9 Å². The Morgan fingerprint density at radius 3 is 2.38 bits per heavy atom. The maximum atomic E-state index is 15.4. The molecule has 3 nitrogen and oxygen atoms in total. The molecule has 3 aromatic rings. The van der Waals surface area contributed by atoms with E-state index < -0.39 is 19.5 Å². The Kier molecular flexibility index (Phi) is 4.44. The maximum absolute atomic E-state index is 15.4. The summed E-state index contributed by atoms with van der Waals surface area (Å²) in [6.45, 7) is 1.92. The van der Waals surface area contributed by atoms with Crippen molar-refractivity contribution in [2.24, 2.45) is 0 Å². The van der Waals surface area contributed by atoms with Gasteiger partial charge in [0, 0.05) is 6.04 Å². The molecule has 0 radical (unpaired) electrons.